The quantitative estimate of drug-likeness (QED) is 0.878. The second-order valence-electron chi connectivity index (χ2n) is 4.54. The lowest BCUT2D eigenvalue weighted by Crippen LogP contribution is -2.34. The van der Waals surface area contributed by atoms with Crippen molar-refractivity contribution >= 4 is 11.9 Å². The molecule has 6 nitrogen and oxygen atoms in total. The lowest BCUT2D eigenvalue weighted by Gasteiger charge is -2.11. The molecule has 1 aliphatic rings. The highest BCUT2D eigenvalue weighted by Crippen LogP contribution is 2.28. The van der Waals surface area contributed by atoms with Gasteiger partial charge in [-0.25, -0.2) is 15.0 Å². The van der Waals surface area contributed by atoms with E-state index in [1.54, 1.807) is 19.4 Å². The summed E-state index contributed by atoms with van der Waals surface area (Å²) in [6.45, 7) is 0. The van der Waals surface area contributed by atoms with E-state index in [9.17, 15) is 4.79 Å². The van der Waals surface area contributed by atoms with E-state index in [0.717, 1.165) is 16.7 Å². The number of hydrogen-bond donors (Lipinski definition) is 1. The summed E-state index contributed by atoms with van der Waals surface area (Å²) in [5.41, 5.74) is 8.33. The van der Waals surface area contributed by atoms with Crippen molar-refractivity contribution in [1.82, 2.24) is 14.9 Å². The maximum absolute atomic E-state index is 12.1. The summed E-state index contributed by atoms with van der Waals surface area (Å²) >= 11 is 0. The van der Waals surface area contributed by atoms with Gasteiger partial charge in [-0.2, -0.15) is 0 Å². The summed E-state index contributed by atoms with van der Waals surface area (Å²) in [7, 11) is 1.62. The van der Waals surface area contributed by atoms with Gasteiger partial charge >= 0.3 is 0 Å². The summed E-state index contributed by atoms with van der Waals surface area (Å²) in [5.74, 6) is 0.123. The van der Waals surface area contributed by atoms with Gasteiger partial charge in [0.1, 0.15) is 6.33 Å². The molecule has 3 rings (SSSR count). The van der Waals surface area contributed by atoms with Crippen LogP contribution in [0.3, 0.4) is 0 Å². The van der Waals surface area contributed by atoms with Crippen LogP contribution in [0.1, 0.15) is 11.6 Å². The van der Waals surface area contributed by atoms with Crippen LogP contribution in [0.2, 0.25) is 0 Å². The third kappa shape index (κ3) is 2.01. The van der Waals surface area contributed by atoms with Crippen LogP contribution in [0.15, 0.2) is 48.0 Å². The summed E-state index contributed by atoms with van der Waals surface area (Å²) < 4.78 is 0. The van der Waals surface area contributed by atoms with Crippen molar-refractivity contribution in [1.29, 1.82) is 0 Å². The molecule has 0 fully saturated rings. The van der Waals surface area contributed by atoms with E-state index in [2.05, 4.69) is 15.0 Å². The molecular formula is C14H13N5O. The average Bonchev–Trinajstić information content (AvgIpc) is 2.76. The summed E-state index contributed by atoms with van der Waals surface area (Å²) in [5, 5.41) is 0. The Morgan fingerprint density at radius 2 is 1.95 bits per heavy atom. The minimum Gasteiger partial charge on any atom is -0.369 e. The van der Waals surface area contributed by atoms with Gasteiger partial charge in [0.25, 0.3) is 5.91 Å². The number of guanidine groups is 1. The predicted octanol–water partition coefficient (Wildman–Crippen LogP) is 0.971. The fraction of sp³-hybridized carbons (Fsp3) is 0.143. The van der Waals surface area contributed by atoms with Crippen LogP contribution in [0.5, 0.6) is 0 Å². The van der Waals surface area contributed by atoms with Crippen LogP contribution in [0.25, 0.3) is 11.1 Å². The van der Waals surface area contributed by atoms with Crippen LogP contribution in [0, 0.1) is 0 Å². The average molecular weight is 267 g/mol. The normalized spacial score (nSPS) is 18.2. The third-order valence-electron chi connectivity index (χ3n) is 3.27. The molecule has 0 saturated heterocycles. The Hall–Kier alpha value is -2.76. The van der Waals surface area contributed by atoms with Gasteiger partial charge in [-0.3, -0.25) is 9.69 Å². The lowest BCUT2D eigenvalue weighted by molar-refractivity contribution is -0.126. The van der Waals surface area contributed by atoms with Crippen LogP contribution >= 0.6 is 0 Å². The van der Waals surface area contributed by atoms with E-state index >= 15 is 0 Å². The molecule has 0 spiro atoms. The summed E-state index contributed by atoms with van der Waals surface area (Å²) in [6, 6.07) is 7.04. The first-order valence-corrected chi connectivity index (χ1v) is 6.13. The second-order valence-corrected chi connectivity index (χ2v) is 4.54. The lowest BCUT2D eigenvalue weighted by atomic mass is 10.0. The van der Waals surface area contributed by atoms with Crippen molar-refractivity contribution in [2.75, 3.05) is 7.05 Å². The number of nitrogens with two attached hydrogens (primary N) is 1. The van der Waals surface area contributed by atoms with Crippen molar-refractivity contribution in [2.45, 2.75) is 6.04 Å². The molecule has 1 unspecified atom stereocenters. The Balaban J connectivity index is 1.99. The van der Waals surface area contributed by atoms with Gasteiger partial charge in [-0.1, -0.05) is 18.2 Å². The molecule has 20 heavy (non-hydrogen) atoms. The number of carbonyl (C=O) groups is 1. The van der Waals surface area contributed by atoms with Crippen molar-refractivity contribution in [3.8, 4) is 11.1 Å². The maximum Gasteiger partial charge on any atom is 0.258 e. The number of carbonyl (C=O) groups excluding carboxylic acids is 1. The largest absolute Gasteiger partial charge is 0.369 e. The molecule has 1 aromatic heterocycles. The highest BCUT2D eigenvalue weighted by atomic mass is 16.2. The zero-order valence-electron chi connectivity index (χ0n) is 10.9. The molecule has 0 bridgehead atoms. The predicted molar refractivity (Wildman–Crippen MR) is 74.6 cm³/mol. The maximum atomic E-state index is 12.1. The van der Waals surface area contributed by atoms with Gasteiger partial charge in [0.15, 0.2) is 12.0 Å². The van der Waals surface area contributed by atoms with E-state index < -0.39 is 6.04 Å². The van der Waals surface area contributed by atoms with E-state index in [1.807, 2.05) is 24.3 Å². The number of aromatic nitrogens is 2. The number of benzene rings is 1. The molecule has 2 heterocycles. The number of hydrogen-bond acceptors (Lipinski definition) is 5. The van der Waals surface area contributed by atoms with Crippen molar-refractivity contribution in [3.05, 3.63) is 48.5 Å². The van der Waals surface area contributed by atoms with E-state index in [0.29, 0.717) is 0 Å². The highest BCUT2D eigenvalue weighted by Gasteiger charge is 2.31. The number of likely N-dealkylation sites (N-methyl/N-ethyl adjacent to an activating group) is 1. The van der Waals surface area contributed by atoms with Gasteiger partial charge < -0.3 is 5.73 Å². The molecule has 2 aromatic rings. The molecule has 0 aliphatic carbocycles. The van der Waals surface area contributed by atoms with E-state index in [4.69, 9.17) is 5.73 Å². The molecule has 1 atom stereocenters. The first-order valence-electron chi connectivity index (χ1n) is 6.13. The zero-order chi connectivity index (χ0) is 14.1. The van der Waals surface area contributed by atoms with Crippen LogP contribution < -0.4 is 5.73 Å². The zero-order valence-corrected chi connectivity index (χ0v) is 10.9. The molecular weight excluding hydrogens is 254 g/mol. The number of rotatable bonds is 2. The second kappa shape index (κ2) is 4.73. The van der Waals surface area contributed by atoms with Gasteiger partial charge in [-0.05, 0) is 17.2 Å². The third-order valence-corrected chi connectivity index (χ3v) is 3.27. The minimum absolute atomic E-state index is 0.121. The Morgan fingerprint density at radius 3 is 2.60 bits per heavy atom. The summed E-state index contributed by atoms with van der Waals surface area (Å²) in [4.78, 5) is 25.6. The Labute approximate surface area is 116 Å². The first kappa shape index (κ1) is 12.3. The minimum atomic E-state index is -0.565. The van der Waals surface area contributed by atoms with Crippen LogP contribution in [-0.4, -0.2) is 33.8 Å². The number of aliphatic imine (C=N–C) groups is 1. The molecule has 1 aliphatic heterocycles. The van der Waals surface area contributed by atoms with E-state index in [-0.39, 0.29) is 11.9 Å². The van der Waals surface area contributed by atoms with Gasteiger partial charge in [0, 0.05) is 25.0 Å². The van der Waals surface area contributed by atoms with Crippen molar-refractivity contribution in [2.24, 2.45) is 10.7 Å². The first-order chi connectivity index (χ1) is 9.66. The number of amides is 1. The molecule has 1 amide bonds. The van der Waals surface area contributed by atoms with Gasteiger partial charge in [-0.15, -0.1) is 0 Å². The standard InChI is InChI=1S/C14H13N5O/c1-19-13(20)12(18-14(19)15)10-4-2-3-9(5-10)11-6-16-8-17-7-11/h2-8,12H,1H3,(H2,15,18). The fourth-order valence-corrected chi connectivity index (χ4v) is 2.12. The molecule has 0 saturated carbocycles. The smallest absolute Gasteiger partial charge is 0.258 e. The Bertz CT molecular complexity index is 683. The SMILES string of the molecule is CN1C(=O)C(c2cccc(-c3cncnc3)c2)N=C1N. The van der Waals surface area contributed by atoms with Crippen LogP contribution in [0.4, 0.5) is 0 Å². The Morgan fingerprint density at radius 1 is 1.20 bits per heavy atom. The van der Waals surface area contributed by atoms with Crippen LogP contribution in [-0.2, 0) is 4.79 Å². The fourth-order valence-electron chi connectivity index (χ4n) is 2.12. The Kier molecular flexibility index (Phi) is 2.90. The molecule has 100 valence electrons. The highest BCUT2D eigenvalue weighted by molar-refractivity contribution is 6.04. The van der Waals surface area contributed by atoms with Crippen molar-refractivity contribution < 1.29 is 4.79 Å². The van der Waals surface area contributed by atoms with Gasteiger partial charge in [0.05, 0.1) is 0 Å². The van der Waals surface area contributed by atoms with Gasteiger partial charge in [0.2, 0.25) is 0 Å². The number of nitrogens with zero attached hydrogens (tertiary/aromatic N) is 4. The monoisotopic (exact) mass is 267 g/mol. The summed E-state index contributed by atoms with van der Waals surface area (Å²) in [6.07, 6.45) is 4.94. The molecule has 6 heteroatoms. The van der Waals surface area contributed by atoms with Crippen molar-refractivity contribution in [3.63, 3.8) is 0 Å². The van der Waals surface area contributed by atoms with E-state index in [1.165, 1.54) is 11.2 Å². The molecule has 2 N–H and O–H groups in total. The molecule has 1 aromatic carbocycles. The topological polar surface area (TPSA) is 84.5 Å². The molecule has 0 radical (unpaired) electrons.